The average molecular weight is 467 g/mol. The van der Waals surface area contributed by atoms with Crippen LogP contribution in [0.15, 0.2) is 71.8 Å². The lowest BCUT2D eigenvalue weighted by Gasteiger charge is -2.28. The Morgan fingerprint density at radius 3 is 2.71 bits per heavy atom. The number of pyridine rings is 1. The highest BCUT2D eigenvalue weighted by Gasteiger charge is 2.43. The molecular weight excluding hydrogens is 444 g/mol. The van der Waals surface area contributed by atoms with Gasteiger partial charge in [-0.25, -0.2) is 4.98 Å². The van der Waals surface area contributed by atoms with Crippen LogP contribution in [0.2, 0.25) is 0 Å². The number of aromatic nitrogens is 2. The van der Waals surface area contributed by atoms with Crippen molar-refractivity contribution in [3.05, 3.63) is 83.6 Å². The lowest BCUT2D eigenvalue weighted by Crippen LogP contribution is -2.51. The molecule has 1 atom stereocenters. The highest BCUT2D eigenvalue weighted by atomic mass is 16.2. The van der Waals surface area contributed by atoms with Crippen LogP contribution in [0.5, 0.6) is 0 Å². The van der Waals surface area contributed by atoms with E-state index in [0.717, 1.165) is 11.3 Å². The van der Waals surface area contributed by atoms with Crippen LogP contribution < -0.4 is 16.0 Å². The molecule has 2 amide bonds. The summed E-state index contributed by atoms with van der Waals surface area (Å²) in [5.41, 5.74) is 9.46. The summed E-state index contributed by atoms with van der Waals surface area (Å²) < 4.78 is 1.76. The van der Waals surface area contributed by atoms with Gasteiger partial charge in [-0.2, -0.15) is 0 Å². The molecule has 0 spiro atoms. The Balaban J connectivity index is 1.55. The zero-order valence-corrected chi connectivity index (χ0v) is 19.1. The van der Waals surface area contributed by atoms with Gasteiger partial charge in [0, 0.05) is 30.6 Å². The fourth-order valence-corrected chi connectivity index (χ4v) is 5.03. The number of Topliss-reactive ketones (excluding diaryl/α,β-unsaturated/α-hetero) is 1. The van der Waals surface area contributed by atoms with Gasteiger partial charge in [-0.3, -0.25) is 29.1 Å². The number of amides is 2. The third kappa shape index (κ3) is 3.08. The summed E-state index contributed by atoms with van der Waals surface area (Å²) in [4.78, 5) is 50.1. The third-order valence-electron chi connectivity index (χ3n) is 6.59. The van der Waals surface area contributed by atoms with E-state index in [2.05, 4.69) is 15.3 Å². The van der Waals surface area contributed by atoms with Gasteiger partial charge in [0.05, 0.1) is 46.0 Å². The van der Waals surface area contributed by atoms with Crippen molar-refractivity contribution in [3.63, 3.8) is 0 Å². The molecule has 0 bridgehead atoms. The first-order chi connectivity index (χ1) is 16.8. The van der Waals surface area contributed by atoms with Crippen LogP contribution in [0.25, 0.3) is 11.2 Å². The van der Waals surface area contributed by atoms with E-state index in [0.29, 0.717) is 29.0 Å². The molecule has 2 aromatic heterocycles. The predicted molar refractivity (Wildman–Crippen MR) is 131 cm³/mol. The molecule has 3 aliphatic rings. The van der Waals surface area contributed by atoms with Crippen molar-refractivity contribution < 1.29 is 14.4 Å². The molecule has 3 aliphatic heterocycles. The molecule has 0 saturated carbocycles. The lowest BCUT2D eigenvalue weighted by molar-refractivity contribution is -0.124. The summed E-state index contributed by atoms with van der Waals surface area (Å²) in [7, 11) is 0. The van der Waals surface area contributed by atoms with Crippen LogP contribution in [0.3, 0.4) is 0 Å². The molecule has 35 heavy (non-hydrogen) atoms. The Bertz CT molecular complexity index is 1550. The highest BCUT2D eigenvalue weighted by molar-refractivity contribution is 6.47. The summed E-state index contributed by atoms with van der Waals surface area (Å²) in [6, 6.07) is 10.7. The summed E-state index contributed by atoms with van der Waals surface area (Å²) in [5, 5.41) is 2.42. The minimum absolute atomic E-state index is 0.0906. The van der Waals surface area contributed by atoms with Crippen molar-refractivity contribution in [2.45, 2.75) is 31.8 Å². The number of carbonyl (C=O) groups is 3. The van der Waals surface area contributed by atoms with E-state index in [4.69, 9.17) is 5.73 Å². The number of nitrogens with one attached hydrogen (secondary N) is 1. The number of para-hydroxylation sites is 1. The van der Waals surface area contributed by atoms with E-state index >= 15 is 0 Å². The third-order valence-corrected chi connectivity index (χ3v) is 6.59. The molecule has 5 heterocycles. The van der Waals surface area contributed by atoms with E-state index in [1.807, 2.05) is 41.3 Å². The number of nitrogens with zero attached hydrogens (tertiary/aromatic N) is 4. The SMILES string of the molecule is CC(C)(N)C(=O)C1Cc2cccc3c2N1C=CN=C3C1=C(c2cnc3ccccn23)C(=O)NC1=O. The van der Waals surface area contributed by atoms with Gasteiger partial charge < -0.3 is 10.6 Å². The second-order valence-corrected chi connectivity index (χ2v) is 9.41. The molecule has 1 aromatic carbocycles. The first-order valence-corrected chi connectivity index (χ1v) is 11.3. The standard InChI is InChI=1S/C26H22N6O3/c1-26(2,27)23(33)16-12-14-6-5-7-15-21(28-9-11-32(16)22(14)15)20-19(24(34)30-25(20)35)17-13-29-18-8-3-4-10-31(17)18/h3-11,13,16H,12,27H2,1-2H3,(H,30,34,35). The van der Waals surface area contributed by atoms with Crippen LogP contribution >= 0.6 is 0 Å². The number of imidazole rings is 1. The molecule has 174 valence electrons. The Morgan fingerprint density at radius 2 is 1.91 bits per heavy atom. The lowest BCUT2D eigenvalue weighted by atomic mass is 9.92. The second kappa shape index (κ2) is 7.31. The Labute approximate surface area is 200 Å². The van der Waals surface area contributed by atoms with Crippen molar-refractivity contribution in [1.82, 2.24) is 14.7 Å². The maximum Gasteiger partial charge on any atom is 0.261 e. The molecule has 9 nitrogen and oxygen atoms in total. The molecule has 3 aromatic rings. The average Bonchev–Trinajstić information content (AvgIpc) is 3.44. The number of hydrogen-bond acceptors (Lipinski definition) is 7. The van der Waals surface area contributed by atoms with Gasteiger partial charge in [-0.15, -0.1) is 0 Å². The van der Waals surface area contributed by atoms with E-state index < -0.39 is 23.4 Å². The molecule has 1 unspecified atom stereocenters. The van der Waals surface area contributed by atoms with E-state index in [1.165, 1.54) is 0 Å². The Hall–Kier alpha value is -4.37. The second-order valence-electron chi connectivity index (χ2n) is 9.41. The maximum atomic E-state index is 13.2. The molecule has 3 N–H and O–H groups in total. The molecule has 0 radical (unpaired) electrons. The molecule has 6 rings (SSSR count). The number of aliphatic imine (C=N–C) groups is 1. The number of nitrogens with two attached hydrogens (primary N) is 1. The first-order valence-electron chi connectivity index (χ1n) is 11.3. The van der Waals surface area contributed by atoms with Gasteiger partial charge >= 0.3 is 0 Å². The number of fused-ring (bicyclic) bond motifs is 1. The van der Waals surface area contributed by atoms with Gasteiger partial charge in [0.25, 0.3) is 11.8 Å². The van der Waals surface area contributed by atoms with Gasteiger partial charge in [-0.05, 0) is 31.5 Å². The fourth-order valence-electron chi connectivity index (χ4n) is 5.03. The summed E-state index contributed by atoms with van der Waals surface area (Å²) >= 11 is 0. The fraction of sp³-hybridized carbons (Fsp3) is 0.192. The number of rotatable bonds is 4. The van der Waals surface area contributed by atoms with Crippen molar-refractivity contribution in [3.8, 4) is 0 Å². The minimum atomic E-state index is -1.01. The van der Waals surface area contributed by atoms with E-state index in [-0.39, 0.29) is 16.9 Å². The van der Waals surface area contributed by atoms with Crippen molar-refractivity contribution >= 4 is 40.2 Å². The van der Waals surface area contributed by atoms with Crippen molar-refractivity contribution in [2.75, 3.05) is 4.90 Å². The molecule has 0 aliphatic carbocycles. The quantitative estimate of drug-likeness (QED) is 0.565. The summed E-state index contributed by atoms with van der Waals surface area (Å²) in [6.45, 7) is 3.40. The number of ketones is 1. The Morgan fingerprint density at radius 1 is 1.11 bits per heavy atom. The molecule has 0 fully saturated rings. The number of carbonyl (C=O) groups excluding carboxylic acids is 3. The monoisotopic (exact) mass is 466 g/mol. The number of hydrogen-bond donors (Lipinski definition) is 2. The summed E-state index contributed by atoms with van der Waals surface area (Å²) in [6.07, 6.45) is 7.16. The molecular formula is C26H22N6O3. The highest BCUT2D eigenvalue weighted by Crippen LogP contribution is 2.40. The molecule has 9 heteroatoms. The maximum absolute atomic E-state index is 13.2. The summed E-state index contributed by atoms with van der Waals surface area (Å²) in [5.74, 6) is -1.12. The van der Waals surface area contributed by atoms with Crippen molar-refractivity contribution in [2.24, 2.45) is 10.7 Å². The van der Waals surface area contributed by atoms with E-state index in [9.17, 15) is 14.4 Å². The van der Waals surface area contributed by atoms with Crippen LogP contribution in [-0.4, -0.2) is 44.3 Å². The number of anilines is 1. The number of benzene rings is 1. The van der Waals surface area contributed by atoms with Gasteiger partial charge in [0.15, 0.2) is 5.78 Å². The van der Waals surface area contributed by atoms with Gasteiger partial charge in [-0.1, -0.05) is 24.3 Å². The first kappa shape index (κ1) is 21.2. The topological polar surface area (TPSA) is 122 Å². The predicted octanol–water partition coefficient (Wildman–Crippen LogP) is 1.76. The molecule has 0 saturated heterocycles. The zero-order chi connectivity index (χ0) is 24.5. The largest absolute Gasteiger partial charge is 0.335 e. The van der Waals surface area contributed by atoms with E-state index in [1.54, 1.807) is 43.0 Å². The van der Waals surface area contributed by atoms with Crippen LogP contribution in [-0.2, 0) is 20.8 Å². The van der Waals surface area contributed by atoms with Gasteiger partial charge in [0.2, 0.25) is 0 Å². The van der Waals surface area contributed by atoms with Crippen LogP contribution in [0.1, 0.15) is 30.7 Å². The Kier molecular flexibility index (Phi) is 4.43. The van der Waals surface area contributed by atoms with Crippen LogP contribution in [0.4, 0.5) is 5.69 Å². The normalized spacial score (nSPS) is 19.2. The zero-order valence-electron chi connectivity index (χ0n) is 19.1. The smallest absolute Gasteiger partial charge is 0.261 e. The van der Waals surface area contributed by atoms with Crippen LogP contribution in [0, 0.1) is 0 Å². The van der Waals surface area contributed by atoms with Gasteiger partial charge in [0.1, 0.15) is 5.65 Å². The van der Waals surface area contributed by atoms with Crippen molar-refractivity contribution in [1.29, 1.82) is 0 Å². The number of imide groups is 1. The minimum Gasteiger partial charge on any atom is -0.335 e.